The summed E-state index contributed by atoms with van der Waals surface area (Å²) < 4.78 is 10.8. The first-order chi connectivity index (χ1) is 10.6. The Bertz CT molecular complexity index is 359. The lowest BCUT2D eigenvalue weighted by Crippen LogP contribution is -2.63. The van der Waals surface area contributed by atoms with Gasteiger partial charge in [-0.25, -0.2) is 0 Å². The third kappa shape index (κ3) is 4.19. The first kappa shape index (κ1) is 17.7. The van der Waals surface area contributed by atoms with Gasteiger partial charge in [0.25, 0.3) is 0 Å². The topological polar surface area (TPSA) is 68.0 Å². The molecule has 0 radical (unpaired) electrons. The molecule has 6 heteroatoms. The zero-order valence-corrected chi connectivity index (χ0v) is 14.1. The number of amides is 1. The summed E-state index contributed by atoms with van der Waals surface area (Å²) in [6.07, 6.45) is 2.30. The van der Waals surface area contributed by atoms with E-state index in [2.05, 4.69) is 11.8 Å². The van der Waals surface area contributed by atoms with Gasteiger partial charge in [0.2, 0.25) is 5.91 Å². The van der Waals surface area contributed by atoms with Gasteiger partial charge in [-0.3, -0.25) is 9.69 Å². The molecule has 0 aliphatic carbocycles. The third-order valence-corrected chi connectivity index (χ3v) is 4.90. The van der Waals surface area contributed by atoms with E-state index in [9.17, 15) is 4.79 Å². The van der Waals surface area contributed by atoms with Crippen LogP contribution in [0.15, 0.2) is 0 Å². The summed E-state index contributed by atoms with van der Waals surface area (Å²) >= 11 is 0. The maximum Gasteiger partial charge on any atom is 0.242 e. The van der Waals surface area contributed by atoms with E-state index >= 15 is 0 Å². The quantitative estimate of drug-likeness (QED) is 0.721. The van der Waals surface area contributed by atoms with Crippen molar-refractivity contribution in [2.75, 3.05) is 52.6 Å². The van der Waals surface area contributed by atoms with E-state index in [0.29, 0.717) is 32.1 Å². The molecule has 1 atom stereocenters. The van der Waals surface area contributed by atoms with Crippen molar-refractivity contribution in [2.45, 2.75) is 44.7 Å². The van der Waals surface area contributed by atoms with E-state index in [1.807, 2.05) is 11.8 Å². The van der Waals surface area contributed by atoms with E-state index in [4.69, 9.17) is 15.2 Å². The molecule has 0 bridgehead atoms. The fraction of sp³-hybridized carbons (Fsp3) is 0.938. The largest absolute Gasteiger partial charge is 0.381 e. The minimum Gasteiger partial charge on any atom is -0.381 e. The highest BCUT2D eigenvalue weighted by atomic mass is 16.5. The van der Waals surface area contributed by atoms with Crippen LogP contribution in [0.25, 0.3) is 0 Å². The number of hydrogen-bond acceptors (Lipinski definition) is 5. The van der Waals surface area contributed by atoms with Crippen LogP contribution in [0.4, 0.5) is 0 Å². The Balaban J connectivity index is 1.90. The van der Waals surface area contributed by atoms with Crippen molar-refractivity contribution in [3.05, 3.63) is 0 Å². The highest BCUT2D eigenvalue weighted by Crippen LogP contribution is 2.23. The molecule has 0 aromatic heterocycles. The molecule has 2 aliphatic heterocycles. The fourth-order valence-corrected chi connectivity index (χ4v) is 3.35. The monoisotopic (exact) mass is 313 g/mol. The molecule has 1 amide bonds. The summed E-state index contributed by atoms with van der Waals surface area (Å²) in [6.45, 7) is 10.3. The summed E-state index contributed by atoms with van der Waals surface area (Å²) in [5.41, 5.74) is 5.63. The van der Waals surface area contributed by atoms with Crippen molar-refractivity contribution in [3.8, 4) is 0 Å². The second-order valence-corrected chi connectivity index (χ2v) is 6.31. The molecule has 2 fully saturated rings. The SMILES string of the molecule is CCOCCN1CCN(C(=O)C2(N)CCOCC2)CC1CC. The van der Waals surface area contributed by atoms with Crippen LogP contribution in [0, 0.1) is 0 Å². The van der Waals surface area contributed by atoms with Gasteiger partial charge in [-0.1, -0.05) is 6.92 Å². The van der Waals surface area contributed by atoms with Crippen molar-refractivity contribution in [2.24, 2.45) is 5.73 Å². The smallest absolute Gasteiger partial charge is 0.242 e. The molecule has 0 spiro atoms. The first-order valence-electron chi connectivity index (χ1n) is 8.58. The molecule has 2 N–H and O–H groups in total. The Kier molecular flexibility index (Phi) is 6.62. The van der Waals surface area contributed by atoms with Crippen LogP contribution in [0.3, 0.4) is 0 Å². The zero-order valence-electron chi connectivity index (χ0n) is 14.1. The van der Waals surface area contributed by atoms with Crippen molar-refractivity contribution >= 4 is 5.91 Å². The minimum atomic E-state index is -0.718. The third-order valence-electron chi connectivity index (χ3n) is 4.90. The predicted octanol–water partition coefficient (Wildman–Crippen LogP) is 0.454. The minimum absolute atomic E-state index is 0.110. The molecule has 128 valence electrons. The van der Waals surface area contributed by atoms with E-state index < -0.39 is 5.54 Å². The fourth-order valence-electron chi connectivity index (χ4n) is 3.35. The Hall–Kier alpha value is -0.690. The molecule has 2 rings (SSSR count). The summed E-state index contributed by atoms with van der Waals surface area (Å²) in [6, 6.07) is 0.404. The van der Waals surface area contributed by atoms with Gasteiger partial charge >= 0.3 is 0 Å². The number of carbonyl (C=O) groups is 1. The summed E-state index contributed by atoms with van der Waals surface area (Å²) in [7, 11) is 0. The first-order valence-corrected chi connectivity index (χ1v) is 8.58. The van der Waals surface area contributed by atoms with E-state index in [1.54, 1.807) is 0 Å². The van der Waals surface area contributed by atoms with Crippen molar-refractivity contribution in [1.82, 2.24) is 9.80 Å². The number of carbonyl (C=O) groups excluding carboxylic acids is 1. The Morgan fingerprint density at radius 1 is 1.32 bits per heavy atom. The van der Waals surface area contributed by atoms with Crippen LogP contribution in [0.2, 0.25) is 0 Å². The Labute approximate surface area is 133 Å². The lowest BCUT2D eigenvalue weighted by atomic mass is 9.89. The lowest BCUT2D eigenvalue weighted by molar-refractivity contribution is -0.143. The van der Waals surface area contributed by atoms with E-state index in [0.717, 1.165) is 45.8 Å². The van der Waals surface area contributed by atoms with Gasteiger partial charge in [0.15, 0.2) is 0 Å². The van der Waals surface area contributed by atoms with Gasteiger partial charge in [-0.15, -0.1) is 0 Å². The average Bonchev–Trinajstić information content (AvgIpc) is 2.55. The van der Waals surface area contributed by atoms with Crippen LogP contribution in [0.1, 0.15) is 33.1 Å². The van der Waals surface area contributed by atoms with E-state index in [-0.39, 0.29) is 5.91 Å². The molecule has 0 saturated carbocycles. The van der Waals surface area contributed by atoms with Crippen molar-refractivity contribution < 1.29 is 14.3 Å². The molecule has 2 heterocycles. The number of nitrogens with two attached hydrogens (primary N) is 1. The summed E-state index contributed by atoms with van der Waals surface area (Å²) in [5, 5.41) is 0. The second-order valence-electron chi connectivity index (χ2n) is 6.31. The van der Waals surface area contributed by atoms with Crippen LogP contribution in [-0.4, -0.2) is 79.9 Å². The molecular weight excluding hydrogens is 282 g/mol. The molecule has 0 aromatic rings. The Morgan fingerprint density at radius 2 is 2.05 bits per heavy atom. The molecule has 2 aliphatic rings. The molecule has 6 nitrogen and oxygen atoms in total. The number of piperazine rings is 1. The van der Waals surface area contributed by atoms with Gasteiger partial charge in [-0.05, 0) is 26.2 Å². The summed E-state index contributed by atoms with van der Waals surface area (Å²) in [4.78, 5) is 17.2. The van der Waals surface area contributed by atoms with Gasteiger partial charge in [0.1, 0.15) is 0 Å². The van der Waals surface area contributed by atoms with Crippen LogP contribution in [-0.2, 0) is 14.3 Å². The number of rotatable bonds is 6. The van der Waals surface area contributed by atoms with Crippen molar-refractivity contribution in [3.63, 3.8) is 0 Å². The van der Waals surface area contributed by atoms with Crippen LogP contribution < -0.4 is 5.73 Å². The normalized spacial score (nSPS) is 26.1. The maximum atomic E-state index is 12.8. The number of hydrogen-bond donors (Lipinski definition) is 1. The van der Waals surface area contributed by atoms with E-state index in [1.165, 1.54) is 0 Å². The zero-order chi connectivity index (χ0) is 16.0. The highest BCUT2D eigenvalue weighted by Gasteiger charge is 2.41. The molecule has 0 aromatic carbocycles. The van der Waals surface area contributed by atoms with Gasteiger partial charge in [0.05, 0.1) is 12.1 Å². The Morgan fingerprint density at radius 3 is 2.68 bits per heavy atom. The number of ether oxygens (including phenoxy) is 2. The highest BCUT2D eigenvalue weighted by molar-refractivity contribution is 5.86. The standard InChI is InChI=1S/C16H31N3O3/c1-3-14-13-19(8-7-18(14)9-12-21-4-2)15(20)16(17)5-10-22-11-6-16/h14H,3-13,17H2,1-2H3. The predicted molar refractivity (Wildman–Crippen MR) is 85.7 cm³/mol. The lowest BCUT2D eigenvalue weighted by Gasteiger charge is -2.44. The molecule has 2 saturated heterocycles. The van der Waals surface area contributed by atoms with Crippen LogP contribution >= 0.6 is 0 Å². The maximum absolute atomic E-state index is 12.8. The number of nitrogens with zero attached hydrogens (tertiary/aromatic N) is 2. The molecular formula is C16H31N3O3. The van der Waals surface area contributed by atoms with Crippen LogP contribution in [0.5, 0.6) is 0 Å². The molecule has 22 heavy (non-hydrogen) atoms. The van der Waals surface area contributed by atoms with Gasteiger partial charge < -0.3 is 20.1 Å². The summed E-state index contributed by atoms with van der Waals surface area (Å²) in [5.74, 6) is 0.110. The van der Waals surface area contributed by atoms with Gasteiger partial charge in [0, 0.05) is 52.0 Å². The van der Waals surface area contributed by atoms with Gasteiger partial charge in [-0.2, -0.15) is 0 Å². The average molecular weight is 313 g/mol. The second kappa shape index (κ2) is 8.24. The van der Waals surface area contributed by atoms with Crippen molar-refractivity contribution in [1.29, 1.82) is 0 Å². The molecule has 1 unspecified atom stereocenters.